The minimum atomic E-state index is -1.17. The van der Waals surface area contributed by atoms with E-state index in [2.05, 4.69) is 22.5 Å². The van der Waals surface area contributed by atoms with Gasteiger partial charge in [0, 0.05) is 30.0 Å². The molecule has 3 rings (SSSR count). The van der Waals surface area contributed by atoms with E-state index in [-0.39, 0.29) is 42.5 Å². The second-order valence-electron chi connectivity index (χ2n) is 9.18. The molecule has 0 aromatic rings. The van der Waals surface area contributed by atoms with Gasteiger partial charge in [-0.2, -0.15) is 0 Å². The number of methoxy groups -OCH3 is 1. The lowest BCUT2D eigenvalue weighted by molar-refractivity contribution is -0.131. The van der Waals surface area contributed by atoms with Gasteiger partial charge >= 0.3 is 6.03 Å². The van der Waals surface area contributed by atoms with Crippen molar-refractivity contribution in [3.05, 3.63) is 35.6 Å². The maximum absolute atomic E-state index is 13.1. The summed E-state index contributed by atoms with van der Waals surface area (Å²) in [6.07, 6.45) is 7.61. The maximum atomic E-state index is 13.1. The number of nitrogens with one attached hydrogen (secondary N) is 3. The molecule has 5 unspecified atom stereocenters. The van der Waals surface area contributed by atoms with Gasteiger partial charge in [0.1, 0.15) is 11.3 Å². The third-order valence-corrected chi connectivity index (χ3v) is 6.51. The van der Waals surface area contributed by atoms with Crippen LogP contribution in [0, 0.1) is 40.9 Å². The number of amides is 4. The van der Waals surface area contributed by atoms with Gasteiger partial charge in [-0.15, -0.1) is 0 Å². The summed E-state index contributed by atoms with van der Waals surface area (Å²) >= 11 is 0. The lowest BCUT2D eigenvalue weighted by Gasteiger charge is -2.36. The zero-order valence-corrected chi connectivity index (χ0v) is 19.8. The van der Waals surface area contributed by atoms with Crippen LogP contribution in [-0.4, -0.2) is 54.2 Å². The summed E-state index contributed by atoms with van der Waals surface area (Å²) in [6.45, 7) is 8.23. The van der Waals surface area contributed by atoms with Crippen LogP contribution in [0.2, 0.25) is 0 Å². The number of nitrogens with zero attached hydrogens (tertiary/aromatic N) is 1. The molecule has 0 aromatic carbocycles. The van der Waals surface area contributed by atoms with Gasteiger partial charge in [-0.05, 0) is 32.9 Å². The molecule has 0 aromatic heterocycles. The number of imide groups is 1. The van der Waals surface area contributed by atoms with E-state index in [1.54, 1.807) is 18.9 Å². The van der Waals surface area contributed by atoms with Crippen LogP contribution >= 0.6 is 0 Å². The molecule has 4 amide bonds. The quantitative estimate of drug-likeness (QED) is 0.326. The average molecular weight is 453 g/mol. The van der Waals surface area contributed by atoms with Gasteiger partial charge in [0.05, 0.1) is 26.0 Å². The Morgan fingerprint density at radius 3 is 2.73 bits per heavy atom. The minimum absolute atomic E-state index is 0.00652. The van der Waals surface area contributed by atoms with Crippen LogP contribution in [0.1, 0.15) is 34.1 Å². The first-order chi connectivity index (χ1) is 15.5. The Morgan fingerprint density at radius 2 is 2.09 bits per heavy atom. The van der Waals surface area contributed by atoms with Crippen LogP contribution in [0.4, 0.5) is 4.79 Å². The van der Waals surface area contributed by atoms with E-state index >= 15 is 0 Å². The molecule has 0 saturated carbocycles. The Bertz CT molecular complexity index is 997. The summed E-state index contributed by atoms with van der Waals surface area (Å²) in [6, 6.07) is -0.612. The molecule has 3 aliphatic rings. The largest absolute Gasteiger partial charge is 0.497 e. The number of ether oxygens (including phenoxy) is 1. The van der Waals surface area contributed by atoms with Crippen LogP contribution in [0.25, 0.3) is 0 Å². The normalized spacial score (nSPS) is 28.6. The number of fused-ring (bicyclic) bond motifs is 1. The number of carbonyl (C=O) groups is 3. The Labute approximate surface area is 195 Å². The van der Waals surface area contributed by atoms with Crippen LogP contribution in [0.5, 0.6) is 0 Å². The maximum Gasteiger partial charge on any atom is 0.322 e. The van der Waals surface area contributed by atoms with E-state index in [0.717, 1.165) is 5.57 Å². The Morgan fingerprint density at radius 1 is 1.36 bits per heavy atom. The topological polar surface area (TPSA) is 112 Å². The van der Waals surface area contributed by atoms with E-state index in [4.69, 9.17) is 10.1 Å². The molecule has 1 aliphatic carbocycles. The van der Waals surface area contributed by atoms with E-state index in [1.165, 1.54) is 0 Å². The van der Waals surface area contributed by atoms with E-state index < -0.39 is 17.5 Å². The number of allylic oxidation sites excluding steroid dienone is 3. The van der Waals surface area contributed by atoms with Crippen molar-refractivity contribution in [1.82, 2.24) is 15.5 Å². The number of likely N-dealkylation sites (tertiary alicyclic amines) is 1. The second-order valence-corrected chi connectivity index (χ2v) is 9.18. The van der Waals surface area contributed by atoms with Crippen LogP contribution in [0.15, 0.2) is 35.6 Å². The van der Waals surface area contributed by atoms with Gasteiger partial charge in [-0.1, -0.05) is 36.5 Å². The van der Waals surface area contributed by atoms with Crippen molar-refractivity contribution in [2.45, 2.75) is 39.7 Å². The monoisotopic (exact) mass is 452 g/mol. The fraction of sp³-hybridized carbons (Fsp3) is 0.520. The van der Waals surface area contributed by atoms with E-state index in [0.29, 0.717) is 18.0 Å². The Balaban J connectivity index is 1.85. The van der Waals surface area contributed by atoms with Gasteiger partial charge in [0.2, 0.25) is 11.8 Å². The van der Waals surface area contributed by atoms with Gasteiger partial charge in [0.25, 0.3) is 0 Å². The fourth-order valence-electron chi connectivity index (χ4n) is 4.25. The Kier molecular flexibility index (Phi) is 7.11. The van der Waals surface area contributed by atoms with Crippen molar-refractivity contribution in [3.8, 4) is 11.8 Å². The average Bonchev–Trinajstić information content (AvgIpc) is 3.05. The molecule has 8 heteroatoms. The van der Waals surface area contributed by atoms with Crippen LogP contribution in [-0.2, 0) is 14.3 Å². The lowest BCUT2D eigenvalue weighted by atomic mass is 9.90. The first-order valence-electron chi connectivity index (χ1n) is 11.1. The van der Waals surface area contributed by atoms with Gasteiger partial charge in [-0.3, -0.25) is 14.9 Å². The summed E-state index contributed by atoms with van der Waals surface area (Å²) in [4.78, 5) is 39.2. The van der Waals surface area contributed by atoms with Crippen molar-refractivity contribution >= 4 is 23.6 Å². The third-order valence-electron chi connectivity index (χ3n) is 6.51. The number of hydrogen-bond acceptors (Lipinski definition) is 5. The van der Waals surface area contributed by atoms with Gasteiger partial charge in [0.15, 0.2) is 0 Å². The standard InChI is InChI=1S/C25H32N4O4/c1-15(16(2)10-17(3)18(4)26)8-9-25(12-22(30)27-24(32)28-25)14-29-13-19-6-7-20(33-5)11-21(19)23(29)31/h6-7,10-11,15,17,19,21,26H,12-14H2,1-5H3,(H2,27,28,30,32). The first kappa shape index (κ1) is 24.3. The SMILES string of the molecule is COC1=CC2C(=O)N(CC3(C#CC(C)C(C)=CC(C)C(C)=N)CC(=O)NC(=O)N3)CC2C=C1. The van der Waals surface area contributed by atoms with Crippen molar-refractivity contribution in [2.24, 2.45) is 23.7 Å². The highest BCUT2D eigenvalue weighted by molar-refractivity contribution is 5.98. The fourth-order valence-corrected chi connectivity index (χ4v) is 4.25. The second kappa shape index (κ2) is 9.65. The number of carbonyl (C=O) groups excluding carboxylic acids is 3. The summed E-state index contributed by atoms with van der Waals surface area (Å²) in [5, 5.41) is 12.8. The highest BCUT2D eigenvalue weighted by Gasteiger charge is 2.46. The molecule has 33 heavy (non-hydrogen) atoms. The lowest BCUT2D eigenvalue weighted by Crippen LogP contribution is -2.64. The van der Waals surface area contributed by atoms with E-state index in [9.17, 15) is 14.4 Å². The van der Waals surface area contributed by atoms with Crippen LogP contribution < -0.4 is 10.6 Å². The van der Waals surface area contributed by atoms with Crippen LogP contribution in [0.3, 0.4) is 0 Å². The molecule has 0 bridgehead atoms. The highest BCUT2D eigenvalue weighted by atomic mass is 16.5. The van der Waals surface area contributed by atoms with Crippen molar-refractivity contribution < 1.29 is 19.1 Å². The number of urea groups is 1. The molecule has 176 valence electrons. The predicted molar refractivity (Wildman–Crippen MR) is 125 cm³/mol. The van der Waals surface area contributed by atoms with Gasteiger partial charge in [-0.25, -0.2) is 4.79 Å². The molecule has 2 saturated heterocycles. The molecule has 2 aliphatic heterocycles. The molecule has 0 spiro atoms. The molecule has 2 heterocycles. The summed E-state index contributed by atoms with van der Waals surface area (Å²) in [5.41, 5.74) is 0.405. The van der Waals surface area contributed by atoms with E-state index in [1.807, 2.05) is 45.1 Å². The molecule has 3 N–H and O–H groups in total. The summed E-state index contributed by atoms with van der Waals surface area (Å²) < 4.78 is 5.26. The predicted octanol–water partition coefficient (Wildman–Crippen LogP) is 2.39. The zero-order chi connectivity index (χ0) is 24.3. The third kappa shape index (κ3) is 5.54. The highest BCUT2D eigenvalue weighted by Crippen LogP contribution is 2.33. The summed E-state index contributed by atoms with van der Waals surface area (Å²) in [7, 11) is 1.57. The minimum Gasteiger partial charge on any atom is -0.497 e. The smallest absolute Gasteiger partial charge is 0.322 e. The zero-order valence-electron chi connectivity index (χ0n) is 19.8. The Hall–Kier alpha value is -3.34. The van der Waals surface area contributed by atoms with Crippen molar-refractivity contribution in [3.63, 3.8) is 0 Å². The molecule has 2 fully saturated rings. The molecule has 5 atom stereocenters. The number of hydrogen-bond donors (Lipinski definition) is 3. The van der Waals surface area contributed by atoms with Crippen molar-refractivity contribution in [2.75, 3.05) is 20.2 Å². The molecule has 8 nitrogen and oxygen atoms in total. The summed E-state index contributed by atoms with van der Waals surface area (Å²) in [5.74, 6) is 6.03. The van der Waals surface area contributed by atoms with Gasteiger partial charge < -0.3 is 20.4 Å². The van der Waals surface area contributed by atoms with Crippen molar-refractivity contribution in [1.29, 1.82) is 5.41 Å². The molecular weight excluding hydrogens is 420 g/mol. The molecular formula is C25H32N4O4. The number of rotatable bonds is 6. The first-order valence-corrected chi connectivity index (χ1v) is 11.1. The molecule has 0 radical (unpaired) electrons.